The predicted octanol–water partition coefficient (Wildman–Crippen LogP) is 2.17. The van der Waals surface area contributed by atoms with Crippen LogP contribution in [0.2, 0.25) is 0 Å². The number of ether oxygens (including phenoxy) is 1. The second-order valence-corrected chi connectivity index (χ2v) is 4.29. The lowest BCUT2D eigenvalue weighted by Crippen LogP contribution is -2.29. The molecule has 0 saturated carbocycles. The molecule has 0 aliphatic heterocycles. The molecule has 18 heavy (non-hydrogen) atoms. The van der Waals surface area contributed by atoms with Crippen molar-refractivity contribution in [1.29, 1.82) is 0 Å². The quantitative estimate of drug-likeness (QED) is 0.841. The van der Waals surface area contributed by atoms with Crippen LogP contribution in [0.25, 0.3) is 0 Å². The number of aryl methyl sites for hydroxylation is 1. The zero-order valence-corrected chi connectivity index (χ0v) is 11.2. The topological polar surface area (TPSA) is 55.6 Å². The predicted molar refractivity (Wildman–Crippen MR) is 72.3 cm³/mol. The fraction of sp³-hybridized carbons (Fsp3) is 0.500. The lowest BCUT2D eigenvalue weighted by molar-refractivity contribution is 0.104. The summed E-state index contributed by atoms with van der Waals surface area (Å²) < 4.78 is 5.21. The Balaban J connectivity index is 2.37. The van der Waals surface area contributed by atoms with Crippen molar-refractivity contribution >= 4 is 6.09 Å². The summed E-state index contributed by atoms with van der Waals surface area (Å²) in [5.74, 6) is 0. The molecule has 0 atom stereocenters. The number of carbonyl (C=O) groups is 1. The minimum atomic E-state index is -0.303. The molecule has 100 valence electrons. The molecule has 0 saturated heterocycles. The number of nitrogens with zero attached hydrogens (tertiary/aromatic N) is 1. The van der Waals surface area contributed by atoms with Crippen LogP contribution in [0.5, 0.6) is 0 Å². The third-order valence-corrected chi connectivity index (χ3v) is 2.80. The van der Waals surface area contributed by atoms with Gasteiger partial charge in [-0.1, -0.05) is 31.2 Å². The monoisotopic (exact) mass is 250 g/mol. The molecule has 1 amide bonds. The molecular weight excluding hydrogens is 228 g/mol. The molecule has 1 aromatic rings. The Bertz CT molecular complexity index is 363. The average molecular weight is 250 g/mol. The van der Waals surface area contributed by atoms with Crippen LogP contribution in [0.15, 0.2) is 24.3 Å². The first-order valence-electron chi connectivity index (χ1n) is 6.33. The van der Waals surface area contributed by atoms with Crippen LogP contribution in [0.4, 0.5) is 4.79 Å². The molecule has 0 aromatic heterocycles. The molecule has 0 bridgehead atoms. The Morgan fingerprint density at radius 1 is 1.28 bits per heavy atom. The van der Waals surface area contributed by atoms with Gasteiger partial charge in [0, 0.05) is 13.6 Å². The largest absolute Gasteiger partial charge is 0.445 e. The van der Waals surface area contributed by atoms with Gasteiger partial charge in [-0.2, -0.15) is 0 Å². The number of carbonyl (C=O) groups excluding carboxylic acids is 1. The van der Waals surface area contributed by atoms with Crippen LogP contribution in [-0.4, -0.2) is 31.1 Å². The normalized spacial score (nSPS) is 10.2. The maximum absolute atomic E-state index is 11.6. The van der Waals surface area contributed by atoms with E-state index in [9.17, 15) is 4.79 Å². The molecule has 2 N–H and O–H groups in total. The number of amides is 1. The molecule has 0 heterocycles. The number of nitrogens with two attached hydrogens (primary N) is 1. The van der Waals surface area contributed by atoms with E-state index in [0.29, 0.717) is 19.7 Å². The number of hydrogen-bond donors (Lipinski definition) is 1. The summed E-state index contributed by atoms with van der Waals surface area (Å²) in [5, 5.41) is 0. The smallest absolute Gasteiger partial charge is 0.409 e. The molecule has 4 nitrogen and oxygen atoms in total. The molecule has 0 fully saturated rings. The Morgan fingerprint density at radius 3 is 2.44 bits per heavy atom. The van der Waals surface area contributed by atoms with Crippen molar-refractivity contribution in [3.63, 3.8) is 0 Å². The van der Waals surface area contributed by atoms with Crippen molar-refractivity contribution < 1.29 is 9.53 Å². The zero-order valence-electron chi connectivity index (χ0n) is 11.2. The maximum atomic E-state index is 11.6. The average Bonchev–Trinajstić information content (AvgIpc) is 2.42. The van der Waals surface area contributed by atoms with Crippen LogP contribution >= 0.6 is 0 Å². The highest BCUT2D eigenvalue weighted by atomic mass is 16.6. The number of rotatable bonds is 6. The summed E-state index contributed by atoms with van der Waals surface area (Å²) in [5.41, 5.74) is 7.68. The fourth-order valence-corrected chi connectivity index (χ4v) is 1.55. The Hall–Kier alpha value is -1.55. The van der Waals surface area contributed by atoms with E-state index in [1.807, 2.05) is 12.1 Å². The van der Waals surface area contributed by atoms with Gasteiger partial charge in [0.2, 0.25) is 0 Å². The van der Waals surface area contributed by atoms with E-state index >= 15 is 0 Å². The van der Waals surface area contributed by atoms with E-state index in [1.54, 1.807) is 11.9 Å². The lowest BCUT2D eigenvalue weighted by atomic mass is 10.1. The van der Waals surface area contributed by atoms with Crippen molar-refractivity contribution in [3.05, 3.63) is 35.4 Å². The van der Waals surface area contributed by atoms with Gasteiger partial charge >= 0.3 is 6.09 Å². The van der Waals surface area contributed by atoms with Gasteiger partial charge in [0.05, 0.1) is 0 Å². The van der Waals surface area contributed by atoms with E-state index in [2.05, 4.69) is 19.1 Å². The molecular formula is C14H22N2O2. The summed E-state index contributed by atoms with van der Waals surface area (Å²) in [6.45, 7) is 3.64. The van der Waals surface area contributed by atoms with Crippen molar-refractivity contribution in [2.24, 2.45) is 5.73 Å². The number of benzene rings is 1. The molecule has 1 rings (SSSR count). The van der Waals surface area contributed by atoms with Gasteiger partial charge in [0.15, 0.2) is 0 Å². The molecule has 0 aliphatic carbocycles. The van der Waals surface area contributed by atoms with Crippen LogP contribution < -0.4 is 5.73 Å². The summed E-state index contributed by atoms with van der Waals surface area (Å²) >= 11 is 0. The minimum absolute atomic E-state index is 0.303. The van der Waals surface area contributed by atoms with Gasteiger partial charge in [0.1, 0.15) is 6.61 Å². The van der Waals surface area contributed by atoms with E-state index in [0.717, 1.165) is 18.4 Å². The SMILES string of the molecule is CCc1ccc(COC(=O)N(C)CCCN)cc1. The number of hydrogen-bond acceptors (Lipinski definition) is 3. The van der Waals surface area contributed by atoms with Gasteiger partial charge < -0.3 is 15.4 Å². The summed E-state index contributed by atoms with van der Waals surface area (Å²) in [6.07, 6.45) is 1.50. The highest BCUT2D eigenvalue weighted by Gasteiger charge is 2.09. The highest BCUT2D eigenvalue weighted by Crippen LogP contribution is 2.07. The molecule has 0 spiro atoms. The van der Waals surface area contributed by atoms with Gasteiger partial charge in [-0.05, 0) is 30.5 Å². The van der Waals surface area contributed by atoms with E-state index < -0.39 is 0 Å². The van der Waals surface area contributed by atoms with Gasteiger partial charge in [-0.15, -0.1) is 0 Å². The van der Waals surface area contributed by atoms with Crippen molar-refractivity contribution in [2.45, 2.75) is 26.4 Å². The zero-order chi connectivity index (χ0) is 13.4. The Kier molecular flexibility index (Phi) is 6.22. The van der Waals surface area contributed by atoms with E-state index in [-0.39, 0.29) is 6.09 Å². The standard InChI is InChI=1S/C14H22N2O2/c1-3-12-5-7-13(8-6-12)11-18-14(17)16(2)10-4-9-15/h5-8H,3-4,9-11,15H2,1-2H3. The lowest BCUT2D eigenvalue weighted by Gasteiger charge is -2.16. The first kappa shape index (κ1) is 14.5. The first-order chi connectivity index (χ1) is 8.67. The van der Waals surface area contributed by atoms with Crippen LogP contribution in [0, 0.1) is 0 Å². The van der Waals surface area contributed by atoms with Crippen molar-refractivity contribution in [3.8, 4) is 0 Å². The molecule has 0 aliphatic rings. The van der Waals surface area contributed by atoms with Crippen LogP contribution in [0.1, 0.15) is 24.5 Å². The maximum Gasteiger partial charge on any atom is 0.409 e. The van der Waals surface area contributed by atoms with E-state index in [4.69, 9.17) is 10.5 Å². The molecule has 1 aromatic carbocycles. The first-order valence-corrected chi connectivity index (χ1v) is 6.33. The van der Waals surface area contributed by atoms with Crippen molar-refractivity contribution in [2.75, 3.05) is 20.1 Å². The third kappa shape index (κ3) is 4.75. The second-order valence-electron chi connectivity index (χ2n) is 4.29. The van der Waals surface area contributed by atoms with Crippen LogP contribution in [-0.2, 0) is 17.8 Å². The fourth-order valence-electron chi connectivity index (χ4n) is 1.55. The van der Waals surface area contributed by atoms with Gasteiger partial charge in [0.25, 0.3) is 0 Å². The summed E-state index contributed by atoms with van der Waals surface area (Å²) in [6, 6.07) is 8.10. The van der Waals surface area contributed by atoms with Crippen molar-refractivity contribution in [1.82, 2.24) is 4.90 Å². The minimum Gasteiger partial charge on any atom is -0.445 e. The second kappa shape index (κ2) is 7.71. The highest BCUT2D eigenvalue weighted by molar-refractivity contribution is 5.67. The Morgan fingerprint density at radius 2 is 1.89 bits per heavy atom. The van der Waals surface area contributed by atoms with Gasteiger partial charge in [-0.25, -0.2) is 4.79 Å². The van der Waals surface area contributed by atoms with Crippen LogP contribution in [0.3, 0.4) is 0 Å². The third-order valence-electron chi connectivity index (χ3n) is 2.80. The van der Waals surface area contributed by atoms with E-state index in [1.165, 1.54) is 5.56 Å². The Labute approximate surface area is 109 Å². The molecule has 4 heteroatoms. The summed E-state index contributed by atoms with van der Waals surface area (Å²) in [4.78, 5) is 13.2. The summed E-state index contributed by atoms with van der Waals surface area (Å²) in [7, 11) is 1.72. The molecule has 0 unspecified atom stereocenters. The van der Waals surface area contributed by atoms with Gasteiger partial charge in [-0.3, -0.25) is 0 Å². The molecule has 0 radical (unpaired) electrons.